The number of rotatable bonds is 5. The van der Waals surface area contributed by atoms with Crippen molar-refractivity contribution in [3.63, 3.8) is 0 Å². The minimum Gasteiger partial charge on any atom is -0.308 e. The number of likely N-dealkylation sites (N-methyl/N-ethyl adjacent to an activating group) is 2. The highest BCUT2D eigenvalue weighted by Crippen LogP contribution is 2.18. The average Bonchev–Trinajstić information content (AvgIpc) is 2.35. The molecule has 0 atom stereocenters. The summed E-state index contributed by atoms with van der Waals surface area (Å²) in [6.45, 7) is 2.82. The SMILES string of the molecule is Cc1cc(S(=O)(=O)N(C)CCN(C)C)ccc1C#N. The van der Waals surface area contributed by atoms with E-state index in [-0.39, 0.29) is 4.90 Å². The zero-order valence-electron chi connectivity index (χ0n) is 11.7. The lowest BCUT2D eigenvalue weighted by molar-refractivity contribution is 0.358. The lowest BCUT2D eigenvalue weighted by atomic mass is 10.1. The molecule has 0 saturated carbocycles. The van der Waals surface area contributed by atoms with Crippen molar-refractivity contribution in [2.45, 2.75) is 11.8 Å². The van der Waals surface area contributed by atoms with Gasteiger partial charge in [0.05, 0.1) is 16.5 Å². The van der Waals surface area contributed by atoms with E-state index in [0.29, 0.717) is 24.2 Å². The Hall–Kier alpha value is -1.42. The van der Waals surface area contributed by atoms with Crippen LogP contribution >= 0.6 is 0 Å². The van der Waals surface area contributed by atoms with Crippen LogP contribution in [0.1, 0.15) is 11.1 Å². The van der Waals surface area contributed by atoms with Gasteiger partial charge >= 0.3 is 0 Å². The van der Waals surface area contributed by atoms with Crippen molar-refractivity contribution in [2.75, 3.05) is 34.2 Å². The maximum absolute atomic E-state index is 12.3. The Morgan fingerprint density at radius 1 is 1.21 bits per heavy atom. The Labute approximate surface area is 115 Å². The predicted octanol–water partition coefficient (Wildman–Crippen LogP) is 1.05. The summed E-state index contributed by atoms with van der Waals surface area (Å²) >= 11 is 0. The number of nitrogens with zero attached hydrogens (tertiary/aromatic N) is 3. The third kappa shape index (κ3) is 3.77. The van der Waals surface area contributed by atoms with E-state index in [2.05, 4.69) is 0 Å². The molecule has 6 heteroatoms. The summed E-state index contributed by atoms with van der Waals surface area (Å²) in [6.07, 6.45) is 0. The number of benzene rings is 1. The fourth-order valence-corrected chi connectivity index (χ4v) is 2.81. The Balaban J connectivity index is 3.01. The van der Waals surface area contributed by atoms with Crippen LogP contribution in [0.15, 0.2) is 23.1 Å². The zero-order chi connectivity index (χ0) is 14.6. The molecule has 0 aliphatic heterocycles. The largest absolute Gasteiger partial charge is 0.308 e. The number of hydrogen-bond acceptors (Lipinski definition) is 4. The lowest BCUT2D eigenvalue weighted by Crippen LogP contribution is -2.33. The van der Waals surface area contributed by atoms with Gasteiger partial charge in [0.1, 0.15) is 0 Å². The number of nitriles is 1. The van der Waals surface area contributed by atoms with Crippen LogP contribution in [0.2, 0.25) is 0 Å². The van der Waals surface area contributed by atoms with Crippen molar-refractivity contribution < 1.29 is 8.42 Å². The third-order valence-electron chi connectivity index (χ3n) is 2.89. The van der Waals surface area contributed by atoms with Gasteiger partial charge in [0.15, 0.2) is 0 Å². The quantitative estimate of drug-likeness (QED) is 0.809. The summed E-state index contributed by atoms with van der Waals surface area (Å²) in [5, 5.41) is 8.85. The molecule has 0 radical (unpaired) electrons. The van der Waals surface area contributed by atoms with E-state index in [9.17, 15) is 8.42 Å². The number of aryl methyl sites for hydroxylation is 1. The maximum Gasteiger partial charge on any atom is 0.242 e. The highest BCUT2D eigenvalue weighted by atomic mass is 32.2. The van der Waals surface area contributed by atoms with Gasteiger partial charge in [-0.15, -0.1) is 0 Å². The monoisotopic (exact) mass is 281 g/mol. The second kappa shape index (κ2) is 6.15. The molecule has 0 spiro atoms. The Kier molecular flexibility index (Phi) is 5.06. The van der Waals surface area contributed by atoms with Crippen LogP contribution < -0.4 is 0 Å². The molecule has 0 fully saturated rings. The molecule has 0 bridgehead atoms. The third-order valence-corrected chi connectivity index (χ3v) is 4.74. The van der Waals surface area contributed by atoms with Crippen molar-refractivity contribution in [2.24, 2.45) is 0 Å². The molecule has 0 heterocycles. The van der Waals surface area contributed by atoms with Gasteiger partial charge in [0, 0.05) is 20.1 Å². The zero-order valence-corrected chi connectivity index (χ0v) is 12.5. The fraction of sp³-hybridized carbons (Fsp3) is 0.462. The summed E-state index contributed by atoms with van der Waals surface area (Å²) in [6, 6.07) is 6.59. The summed E-state index contributed by atoms with van der Waals surface area (Å²) in [4.78, 5) is 2.15. The molecule has 0 N–H and O–H groups in total. The smallest absolute Gasteiger partial charge is 0.242 e. The van der Waals surface area contributed by atoms with Gasteiger partial charge in [-0.25, -0.2) is 8.42 Å². The highest BCUT2D eigenvalue weighted by Gasteiger charge is 2.21. The van der Waals surface area contributed by atoms with Crippen LogP contribution in [0, 0.1) is 18.3 Å². The van der Waals surface area contributed by atoms with E-state index in [1.54, 1.807) is 26.1 Å². The molecule has 19 heavy (non-hydrogen) atoms. The van der Waals surface area contributed by atoms with Crippen molar-refractivity contribution in [3.8, 4) is 6.07 Å². The normalized spacial score (nSPS) is 11.8. The van der Waals surface area contributed by atoms with Gasteiger partial charge in [0.2, 0.25) is 10.0 Å². The fourth-order valence-electron chi connectivity index (χ4n) is 1.56. The van der Waals surface area contributed by atoms with Crippen LogP contribution in [-0.4, -0.2) is 51.9 Å². The maximum atomic E-state index is 12.3. The Morgan fingerprint density at radius 2 is 1.84 bits per heavy atom. The first-order chi connectivity index (χ1) is 8.78. The van der Waals surface area contributed by atoms with E-state index in [4.69, 9.17) is 5.26 Å². The van der Waals surface area contributed by atoms with Crippen molar-refractivity contribution in [3.05, 3.63) is 29.3 Å². The molecule has 0 unspecified atom stereocenters. The van der Waals surface area contributed by atoms with E-state index in [1.807, 2.05) is 25.1 Å². The van der Waals surface area contributed by atoms with Crippen LogP contribution in [0.4, 0.5) is 0 Å². The van der Waals surface area contributed by atoms with Gasteiger partial charge in [-0.05, 0) is 44.8 Å². The summed E-state index contributed by atoms with van der Waals surface area (Å²) in [7, 11) is 1.87. The number of sulfonamides is 1. The molecule has 0 aromatic heterocycles. The topological polar surface area (TPSA) is 64.4 Å². The molecule has 0 aliphatic rings. The van der Waals surface area contributed by atoms with Gasteiger partial charge in [-0.2, -0.15) is 9.57 Å². The van der Waals surface area contributed by atoms with Crippen molar-refractivity contribution in [1.29, 1.82) is 5.26 Å². The summed E-state index contributed by atoms with van der Waals surface area (Å²) in [5.74, 6) is 0. The van der Waals surface area contributed by atoms with E-state index in [1.165, 1.54) is 10.4 Å². The molecular formula is C13H19N3O2S. The second-order valence-corrected chi connectivity index (χ2v) is 6.76. The van der Waals surface area contributed by atoms with Gasteiger partial charge in [0.25, 0.3) is 0 Å². The van der Waals surface area contributed by atoms with Crippen LogP contribution in [0.5, 0.6) is 0 Å². The molecule has 104 valence electrons. The predicted molar refractivity (Wildman–Crippen MR) is 74.3 cm³/mol. The highest BCUT2D eigenvalue weighted by molar-refractivity contribution is 7.89. The van der Waals surface area contributed by atoms with Crippen LogP contribution in [-0.2, 0) is 10.0 Å². The standard InChI is InChI=1S/C13H19N3O2S/c1-11-9-13(6-5-12(11)10-14)19(17,18)16(4)8-7-15(2)3/h5-6,9H,7-8H2,1-4H3. The van der Waals surface area contributed by atoms with E-state index < -0.39 is 10.0 Å². The number of hydrogen-bond donors (Lipinski definition) is 0. The minimum atomic E-state index is -3.48. The first-order valence-electron chi connectivity index (χ1n) is 5.91. The molecule has 0 amide bonds. The first-order valence-corrected chi connectivity index (χ1v) is 7.35. The molecule has 1 aromatic rings. The molecular weight excluding hydrogens is 262 g/mol. The second-order valence-electron chi connectivity index (χ2n) is 4.72. The molecule has 1 rings (SSSR count). The van der Waals surface area contributed by atoms with Gasteiger partial charge in [-0.3, -0.25) is 0 Å². The summed E-state index contributed by atoms with van der Waals surface area (Å²) in [5.41, 5.74) is 1.17. The van der Waals surface area contributed by atoms with Gasteiger partial charge < -0.3 is 4.90 Å². The molecule has 0 saturated heterocycles. The summed E-state index contributed by atoms with van der Waals surface area (Å²) < 4.78 is 26.0. The van der Waals surface area contributed by atoms with E-state index in [0.717, 1.165) is 0 Å². The Morgan fingerprint density at radius 3 is 2.32 bits per heavy atom. The van der Waals surface area contributed by atoms with Gasteiger partial charge in [-0.1, -0.05) is 0 Å². The van der Waals surface area contributed by atoms with Crippen molar-refractivity contribution >= 4 is 10.0 Å². The van der Waals surface area contributed by atoms with Crippen molar-refractivity contribution in [1.82, 2.24) is 9.21 Å². The molecule has 0 aliphatic carbocycles. The molecule has 1 aromatic carbocycles. The van der Waals surface area contributed by atoms with Crippen LogP contribution in [0.3, 0.4) is 0 Å². The van der Waals surface area contributed by atoms with E-state index >= 15 is 0 Å². The first kappa shape index (κ1) is 15.6. The molecule has 5 nitrogen and oxygen atoms in total. The Bertz CT molecular complexity index is 588. The minimum absolute atomic E-state index is 0.227. The lowest BCUT2D eigenvalue weighted by Gasteiger charge is -2.19. The van der Waals surface area contributed by atoms with Crippen LogP contribution in [0.25, 0.3) is 0 Å². The average molecular weight is 281 g/mol.